The lowest BCUT2D eigenvalue weighted by molar-refractivity contribution is -0.230. The van der Waals surface area contributed by atoms with Crippen LogP contribution in [0.4, 0.5) is 4.79 Å². The van der Waals surface area contributed by atoms with Crippen molar-refractivity contribution in [2.75, 3.05) is 26.2 Å². The summed E-state index contributed by atoms with van der Waals surface area (Å²) in [6.45, 7) is 10.4. The van der Waals surface area contributed by atoms with Crippen molar-refractivity contribution in [1.82, 2.24) is 9.62 Å². The Morgan fingerprint density at radius 2 is 1.65 bits per heavy atom. The van der Waals surface area contributed by atoms with Gasteiger partial charge in [0.2, 0.25) is 0 Å². The summed E-state index contributed by atoms with van der Waals surface area (Å²) in [6.07, 6.45) is 7.40. The van der Waals surface area contributed by atoms with Crippen LogP contribution in [0.25, 0.3) is 0 Å². The van der Waals surface area contributed by atoms with Crippen LogP contribution in [0.3, 0.4) is 0 Å². The molecule has 1 aromatic carbocycles. The average molecular weight is 647 g/mol. The number of sulfonamides is 1. The lowest BCUT2D eigenvalue weighted by Gasteiger charge is -2.32. The van der Waals surface area contributed by atoms with Gasteiger partial charge in [0.1, 0.15) is 24.4 Å². The third kappa shape index (κ3) is 10.5. The van der Waals surface area contributed by atoms with E-state index >= 15 is 0 Å². The molecule has 1 aromatic rings. The number of nitrogens with one attached hydrogen (secondary N) is 1. The van der Waals surface area contributed by atoms with Crippen LogP contribution in [0.2, 0.25) is 0 Å². The van der Waals surface area contributed by atoms with Gasteiger partial charge in [-0.05, 0) is 65.3 Å². The van der Waals surface area contributed by atoms with Gasteiger partial charge in [-0.3, -0.25) is 4.90 Å². The molecule has 0 aromatic heterocycles. The van der Waals surface area contributed by atoms with Crippen LogP contribution in [-0.2, 0) is 33.7 Å². The smallest absolute Gasteiger partial charge is 0.421 e. The highest BCUT2D eigenvalue weighted by Crippen LogP contribution is 2.40. The van der Waals surface area contributed by atoms with Gasteiger partial charge in [0.25, 0.3) is 10.0 Å². The minimum atomic E-state index is -4.11. The highest BCUT2D eigenvalue weighted by molar-refractivity contribution is 7.90. The molecule has 1 unspecified atom stereocenters. The number of halogens is 1. The molecule has 3 aliphatic heterocycles. The van der Waals surface area contributed by atoms with Crippen molar-refractivity contribution in [3.05, 3.63) is 29.8 Å². The van der Waals surface area contributed by atoms with E-state index in [1.807, 2.05) is 20.8 Å². The third-order valence-corrected chi connectivity index (χ3v) is 9.47. The average Bonchev–Trinajstić information content (AvgIpc) is 3.62. The lowest BCUT2D eigenvalue weighted by Crippen LogP contribution is -2.50. The fraction of sp³-hybridized carbons (Fsp3) is 0.774. The number of nitrogens with zero attached hydrogens (tertiary/aromatic N) is 1. The fourth-order valence-corrected chi connectivity index (χ4v) is 6.80. The molecule has 1 amide bonds. The van der Waals surface area contributed by atoms with Crippen LogP contribution >= 0.6 is 12.4 Å². The van der Waals surface area contributed by atoms with E-state index in [-0.39, 0.29) is 17.3 Å². The topological polar surface area (TPSA) is 113 Å². The maximum atomic E-state index is 13.0. The summed E-state index contributed by atoms with van der Waals surface area (Å²) in [5, 5.41) is 0. The first-order chi connectivity index (χ1) is 20.1. The molecule has 0 bridgehead atoms. The molecule has 0 aliphatic carbocycles. The molecule has 0 saturated carbocycles. The molecule has 246 valence electrons. The quantitative estimate of drug-likeness (QED) is 0.226. The van der Waals surface area contributed by atoms with Gasteiger partial charge in [0.05, 0.1) is 4.90 Å². The SMILES string of the molecule is CCCCCCCCCCO[C@@H]1[C@H]2OC(C)(C)O[C@H]2O[C@@H]1C(CN1CCCC1)OC(=O)NS(=O)(=O)c1ccc(C)cc1.Cl. The highest BCUT2D eigenvalue weighted by Gasteiger charge is 2.58. The predicted octanol–water partition coefficient (Wildman–Crippen LogP) is 5.70. The Bertz CT molecular complexity index is 1100. The van der Waals surface area contributed by atoms with Gasteiger partial charge in [-0.2, -0.15) is 0 Å². The first-order valence-corrected chi connectivity index (χ1v) is 17.2. The summed E-state index contributed by atoms with van der Waals surface area (Å²) < 4.78 is 58.6. The normalized spacial score (nSPS) is 25.7. The number of benzene rings is 1. The first-order valence-electron chi connectivity index (χ1n) is 15.7. The van der Waals surface area contributed by atoms with Gasteiger partial charge in [0.15, 0.2) is 12.1 Å². The van der Waals surface area contributed by atoms with Crippen molar-refractivity contribution < 1.29 is 36.9 Å². The molecule has 3 fully saturated rings. The molecule has 3 aliphatic rings. The number of aryl methyl sites for hydroxylation is 1. The number of carbonyl (C=O) groups excluding carboxylic acids is 1. The maximum absolute atomic E-state index is 13.0. The Hall–Kier alpha value is -1.47. The molecule has 3 saturated heterocycles. The number of carbonyl (C=O) groups is 1. The van der Waals surface area contributed by atoms with Crippen LogP contribution < -0.4 is 4.72 Å². The number of ether oxygens (including phenoxy) is 5. The van der Waals surface area contributed by atoms with Crippen LogP contribution in [-0.4, -0.2) is 82.1 Å². The van der Waals surface area contributed by atoms with E-state index in [0.29, 0.717) is 13.2 Å². The third-order valence-electron chi connectivity index (χ3n) is 8.15. The standard InChI is InChI=1S/C31H50N2O8S.ClH/c1-5-6-7-8-9-10-11-14-21-37-27-26(39-29-28(27)40-31(3,4)41-29)25(22-33-19-12-13-20-33)38-30(34)32-42(35,36)24-17-15-23(2)16-18-24;/h15-18,25-29H,5-14,19-22H2,1-4H3,(H,32,34);1H/t25?,26-,27+,28-,29-;/m1./s1. The molecule has 0 radical (unpaired) electrons. The molecule has 0 spiro atoms. The highest BCUT2D eigenvalue weighted by atomic mass is 35.5. The largest absolute Gasteiger partial charge is 0.441 e. The van der Waals surface area contributed by atoms with Gasteiger partial charge in [-0.15, -0.1) is 12.4 Å². The van der Waals surface area contributed by atoms with Crippen molar-refractivity contribution in [1.29, 1.82) is 0 Å². The van der Waals surface area contributed by atoms with Crippen molar-refractivity contribution >= 4 is 28.5 Å². The van der Waals surface area contributed by atoms with Crippen molar-refractivity contribution in [2.45, 2.75) is 133 Å². The Balaban J connectivity index is 0.00000506. The van der Waals surface area contributed by atoms with E-state index in [1.165, 1.54) is 50.7 Å². The van der Waals surface area contributed by atoms with E-state index in [1.54, 1.807) is 12.1 Å². The Morgan fingerprint density at radius 1 is 1.02 bits per heavy atom. The van der Waals surface area contributed by atoms with Crippen LogP contribution in [0.1, 0.15) is 90.5 Å². The van der Waals surface area contributed by atoms with Crippen molar-refractivity contribution in [3.63, 3.8) is 0 Å². The second-order valence-electron chi connectivity index (χ2n) is 12.2. The second-order valence-corrected chi connectivity index (χ2v) is 13.9. The van der Waals surface area contributed by atoms with Gasteiger partial charge >= 0.3 is 6.09 Å². The summed E-state index contributed by atoms with van der Waals surface area (Å²) in [4.78, 5) is 15.2. The van der Waals surface area contributed by atoms with Crippen LogP contribution in [0.15, 0.2) is 29.2 Å². The van der Waals surface area contributed by atoms with Gasteiger partial charge in [0, 0.05) is 13.2 Å². The van der Waals surface area contributed by atoms with E-state index in [2.05, 4.69) is 16.5 Å². The summed E-state index contributed by atoms with van der Waals surface area (Å²) >= 11 is 0. The predicted molar refractivity (Wildman–Crippen MR) is 166 cm³/mol. The van der Waals surface area contributed by atoms with Gasteiger partial charge < -0.3 is 23.7 Å². The number of amides is 1. The molecule has 1 N–H and O–H groups in total. The molecule has 3 heterocycles. The monoisotopic (exact) mass is 646 g/mol. The van der Waals surface area contributed by atoms with Crippen molar-refractivity contribution in [2.24, 2.45) is 0 Å². The van der Waals surface area contributed by atoms with Crippen molar-refractivity contribution in [3.8, 4) is 0 Å². The number of hydrogen-bond donors (Lipinski definition) is 1. The Labute approximate surface area is 263 Å². The Morgan fingerprint density at radius 3 is 2.30 bits per heavy atom. The summed E-state index contributed by atoms with van der Waals surface area (Å²) in [5.74, 6) is -0.828. The first kappa shape index (κ1) is 36.0. The van der Waals surface area contributed by atoms with Crippen LogP contribution in [0.5, 0.6) is 0 Å². The molecule has 12 heteroatoms. The van der Waals surface area contributed by atoms with E-state index in [9.17, 15) is 13.2 Å². The molecule has 4 rings (SSSR count). The molecule has 43 heavy (non-hydrogen) atoms. The zero-order chi connectivity index (χ0) is 30.2. The van der Waals surface area contributed by atoms with Gasteiger partial charge in [-0.1, -0.05) is 69.6 Å². The van der Waals surface area contributed by atoms with E-state index < -0.39 is 52.6 Å². The molecular formula is C31H51ClN2O8S. The Kier molecular flexibility index (Phi) is 14.0. The number of fused-ring (bicyclic) bond motifs is 1. The molecule has 5 atom stereocenters. The van der Waals surface area contributed by atoms with Gasteiger partial charge in [-0.25, -0.2) is 17.9 Å². The summed E-state index contributed by atoms with van der Waals surface area (Å²) in [5.41, 5.74) is 0.914. The zero-order valence-corrected chi connectivity index (χ0v) is 27.8. The second kappa shape index (κ2) is 16.7. The maximum Gasteiger partial charge on any atom is 0.421 e. The number of hydrogen-bond acceptors (Lipinski definition) is 9. The zero-order valence-electron chi connectivity index (χ0n) is 26.1. The van der Waals surface area contributed by atoms with E-state index in [0.717, 1.165) is 44.3 Å². The molecular weight excluding hydrogens is 596 g/mol. The fourth-order valence-electron chi connectivity index (χ4n) is 5.92. The van der Waals surface area contributed by atoms with Crippen LogP contribution in [0, 0.1) is 6.92 Å². The number of rotatable bonds is 16. The minimum absolute atomic E-state index is 0. The van der Waals surface area contributed by atoms with E-state index in [4.69, 9.17) is 23.7 Å². The lowest BCUT2D eigenvalue weighted by atomic mass is 10.0. The minimum Gasteiger partial charge on any atom is -0.441 e. The summed E-state index contributed by atoms with van der Waals surface area (Å²) in [6, 6.07) is 6.27. The number of likely N-dealkylation sites (tertiary alicyclic amines) is 1. The summed E-state index contributed by atoms with van der Waals surface area (Å²) in [7, 11) is -4.11. The molecule has 10 nitrogen and oxygen atoms in total. The number of unbranched alkanes of at least 4 members (excludes halogenated alkanes) is 7.